The second kappa shape index (κ2) is 9.67. The number of likely N-dealkylation sites (N-methyl/N-ethyl adjacent to an activating group) is 1. The van der Waals surface area contributed by atoms with Gasteiger partial charge in [-0.2, -0.15) is 35.3 Å². The first-order chi connectivity index (χ1) is 15.8. The molecule has 4 amide bonds. The smallest absolute Gasteiger partial charge is 0.408 e. The van der Waals surface area contributed by atoms with Crippen LogP contribution in [0.4, 0.5) is 4.79 Å². The van der Waals surface area contributed by atoms with Crippen LogP contribution in [-0.4, -0.2) is 82.0 Å². The lowest BCUT2D eigenvalue weighted by Gasteiger charge is -2.48. The molecular formula is C21H26N4O5S3. The van der Waals surface area contributed by atoms with Gasteiger partial charge in [0, 0.05) is 41.6 Å². The molecule has 0 unspecified atom stereocenters. The molecule has 33 heavy (non-hydrogen) atoms. The summed E-state index contributed by atoms with van der Waals surface area (Å²) < 4.78 is 5.28. The van der Waals surface area contributed by atoms with Crippen molar-refractivity contribution in [3.05, 3.63) is 35.9 Å². The van der Waals surface area contributed by atoms with Crippen LogP contribution in [0.5, 0.6) is 0 Å². The normalized spacial score (nSPS) is 21.1. The number of ether oxygens (including phenoxy) is 1. The van der Waals surface area contributed by atoms with E-state index in [4.69, 9.17) is 4.74 Å². The number of benzene rings is 1. The number of alkyl carbamates (subject to hydrolysis) is 1. The molecule has 3 fully saturated rings. The fourth-order valence-corrected chi connectivity index (χ4v) is 6.62. The molecule has 0 aromatic heterocycles. The lowest BCUT2D eigenvalue weighted by Crippen LogP contribution is -2.77. The Morgan fingerprint density at radius 1 is 0.758 bits per heavy atom. The molecule has 4 N–H and O–H groups in total. The molecule has 0 atom stereocenters. The highest BCUT2D eigenvalue weighted by atomic mass is 32.2. The van der Waals surface area contributed by atoms with Gasteiger partial charge in [0.05, 0.1) is 0 Å². The van der Waals surface area contributed by atoms with E-state index in [1.54, 1.807) is 11.8 Å². The van der Waals surface area contributed by atoms with E-state index >= 15 is 0 Å². The lowest BCUT2D eigenvalue weighted by atomic mass is 9.94. The van der Waals surface area contributed by atoms with Gasteiger partial charge in [-0.25, -0.2) is 4.79 Å². The Bertz CT molecular complexity index is 933. The van der Waals surface area contributed by atoms with Crippen molar-refractivity contribution in [1.82, 2.24) is 21.3 Å². The van der Waals surface area contributed by atoms with Crippen molar-refractivity contribution < 1.29 is 23.9 Å². The molecular weight excluding hydrogens is 484 g/mol. The van der Waals surface area contributed by atoms with Crippen molar-refractivity contribution >= 4 is 59.1 Å². The molecule has 1 aromatic carbocycles. The molecule has 9 nitrogen and oxygen atoms in total. The van der Waals surface area contributed by atoms with Crippen molar-refractivity contribution in [3.63, 3.8) is 0 Å². The summed E-state index contributed by atoms with van der Waals surface area (Å²) in [6, 6.07) is 9.27. The largest absolute Gasteiger partial charge is 0.445 e. The van der Waals surface area contributed by atoms with Gasteiger partial charge in [0.15, 0.2) is 0 Å². The van der Waals surface area contributed by atoms with E-state index < -0.39 is 28.6 Å². The van der Waals surface area contributed by atoms with E-state index in [1.165, 1.54) is 30.6 Å². The Kier molecular flexibility index (Phi) is 7.06. The Hall–Kier alpha value is -2.05. The number of amides is 4. The van der Waals surface area contributed by atoms with Crippen LogP contribution in [0.2, 0.25) is 0 Å². The van der Waals surface area contributed by atoms with E-state index in [0.29, 0.717) is 34.5 Å². The number of rotatable bonds is 8. The van der Waals surface area contributed by atoms with Crippen LogP contribution in [0.3, 0.4) is 0 Å². The average Bonchev–Trinajstić information content (AvgIpc) is 2.74. The summed E-state index contributed by atoms with van der Waals surface area (Å²) in [5.74, 6) is 1.56. The fraction of sp³-hybridized carbons (Fsp3) is 0.524. The first-order valence-electron chi connectivity index (χ1n) is 10.4. The standard InChI is InChI=1S/C21H26N4O5S3/c1-22-15(26)19(8-31-9-19)23-16(27)20(10-32-11-20)24-17(28)21(12-33-13-21)25-18(29)30-7-14-5-3-2-4-6-14/h2-6H,7-13H2,1H3,(H,22,26)(H,23,27)(H,24,28)(H,25,29). The third-order valence-electron chi connectivity index (χ3n) is 5.88. The minimum Gasteiger partial charge on any atom is -0.445 e. The average molecular weight is 511 g/mol. The number of carbonyl (C=O) groups excluding carboxylic acids is 4. The third kappa shape index (κ3) is 4.78. The molecule has 0 spiro atoms. The summed E-state index contributed by atoms with van der Waals surface area (Å²) in [6.45, 7) is 0.0973. The van der Waals surface area contributed by atoms with Gasteiger partial charge < -0.3 is 26.0 Å². The van der Waals surface area contributed by atoms with Gasteiger partial charge in [-0.1, -0.05) is 30.3 Å². The molecule has 0 bridgehead atoms. The number of thioether (sulfide) groups is 3. The molecule has 1 aromatic rings. The maximum atomic E-state index is 13.2. The minimum absolute atomic E-state index is 0.0973. The zero-order valence-electron chi connectivity index (χ0n) is 18.1. The summed E-state index contributed by atoms with van der Waals surface area (Å²) in [4.78, 5) is 51.1. The topological polar surface area (TPSA) is 126 Å². The van der Waals surface area contributed by atoms with Crippen LogP contribution in [0.25, 0.3) is 0 Å². The van der Waals surface area contributed by atoms with Crippen LogP contribution in [0.1, 0.15) is 5.56 Å². The Morgan fingerprint density at radius 2 is 1.21 bits per heavy atom. The Balaban J connectivity index is 1.38. The van der Waals surface area contributed by atoms with Gasteiger partial charge in [-0.05, 0) is 5.56 Å². The minimum atomic E-state index is -1.13. The highest BCUT2D eigenvalue weighted by molar-refractivity contribution is 8.01. The molecule has 3 aliphatic rings. The van der Waals surface area contributed by atoms with Crippen LogP contribution in [0.15, 0.2) is 30.3 Å². The number of carbonyl (C=O) groups is 4. The van der Waals surface area contributed by atoms with Crippen LogP contribution in [-0.2, 0) is 25.7 Å². The molecule has 0 aliphatic carbocycles. The quantitative estimate of drug-likeness (QED) is 0.395. The summed E-state index contributed by atoms with van der Waals surface area (Å²) in [7, 11) is 1.54. The van der Waals surface area contributed by atoms with Gasteiger partial charge >= 0.3 is 6.09 Å². The Morgan fingerprint density at radius 3 is 1.64 bits per heavy atom. The highest BCUT2D eigenvalue weighted by Crippen LogP contribution is 2.36. The first-order valence-corrected chi connectivity index (χ1v) is 13.9. The molecule has 0 radical (unpaired) electrons. The zero-order valence-corrected chi connectivity index (χ0v) is 20.6. The SMILES string of the molecule is CNC(=O)C1(NC(=O)C2(NC(=O)C3(NC(=O)OCc4ccccc4)CSC3)CSC2)CSC1. The van der Waals surface area contributed by atoms with Gasteiger partial charge in [0.1, 0.15) is 23.2 Å². The molecule has 0 saturated carbocycles. The summed E-state index contributed by atoms with van der Waals surface area (Å²) >= 11 is 4.64. The lowest BCUT2D eigenvalue weighted by molar-refractivity contribution is -0.138. The predicted octanol–water partition coefficient (Wildman–Crippen LogP) is 0.348. The summed E-state index contributed by atoms with van der Waals surface area (Å²) in [5.41, 5.74) is -2.34. The summed E-state index contributed by atoms with van der Waals surface area (Å²) in [5, 5.41) is 11.1. The molecule has 178 valence electrons. The summed E-state index contributed by atoms with van der Waals surface area (Å²) in [6.07, 6.45) is -0.680. The van der Waals surface area contributed by atoms with Crippen LogP contribution < -0.4 is 21.3 Å². The third-order valence-corrected chi connectivity index (χ3v) is 10.1. The van der Waals surface area contributed by atoms with Crippen molar-refractivity contribution in [2.45, 2.75) is 23.2 Å². The number of hydrogen-bond donors (Lipinski definition) is 4. The van der Waals surface area contributed by atoms with Gasteiger partial charge in [-0.3, -0.25) is 14.4 Å². The fourth-order valence-electron chi connectivity index (χ4n) is 3.57. The van der Waals surface area contributed by atoms with Gasteiger partial charge in [0.2, 0.25) is 17.7 Å². The maximum absolute atomic E-state index is 13.2. The van der Waals surface area contributed by atoms with E-state index in [0.717, 1.165) is 5.56 Å². The molecule has 4 rings (SSSR count). The van der Waals surface area contributed by atoms with Crippen LogP contribution in [0, 0.1) is 0 Å². The van der Waals surface area contributed by atoms with E-state index in [1.807, 2.05) is 30.3 Å². The molecule has 3 saturated heterocycles. The molecule has 3 aliphatic heterocycles. The molecule has 12 heteroatoms. The predicted molar refractivity (Wildman–Crippen MR) is 130 cm³/mol. The van der Waals surface area contributed by atoms with E-state index in [2.05, 4.69) is 21.3 Å². The zero-order chi connectivity index (χ0) is 23.5. The second-order valence-electron chi connectivity index (χ2n) is 8.40. The monoisotopic (exact) mass is 510 g/mol. The Labute approximate surface area is 204 Å². The first kappa shape index (κ1) is 24.1. The van der Waals surface area contributed by atoms with Crippen molar-refractivity contribution in [2.75, 3.05) is 41.6 Å². The highest BCUT2D eigenvalue weighted by Gasteiger charge is 2.56. The number of nitrogens with one attached hydrogen (secondary N) is 4. The van der Waals surface area contributed by atoms with Gasteiger partial charge in [-0.15, -0.1) is 0 Å². The second-order valence-corrected chi connectivity index (χ2v) is 11.4. The van der Waals surface area contributed by atoms with Crippen molar-refractivity contribution in [3.8, 4) is 0 Å². The molecule has 3 heterocycles. The number of hydrogen-bond acceptors (Lipinski definition) is 8. The van der Waals surface area contributed by atoms with E-state index in [-0.39, 0.29) is 18.4 Å². The van der Waals surface area contributed by atoms with E-state index in [9.17, 15) is 19.2 Å². The van der Waals surface area contributed by atoms with Crippen molar-refractivity contribution in [2.24, 2.45) is 0 Å². The van der Waals surface area contributed by atoms with Crippen molar-refractivity contribution in [1.29, 1.82) is 0 Å². The van der Waals surface area contributed by atoms with Gasteiger partial charge in [0.25, 0.3) is 0 Å². The maximum Gasteiger partial charge on any atom is 0.408 e. The van der Waals surface area contributed by atoms with Crippen LogP contribution >= 0.6 is 35.3 Å².